The van der Waals surface area contributed by atoms with E-state index in [1.807, 2.05) is 31.0 Å². The standard InChI is InChI=1S/C17H31N5O/c1-4-23-12-10-17(8-5-6-9-17)14-20-16(18-2)19-13-15-7-11-21-22(15)3/h7,11H,4-6,8-10,12-14H2,1-3H3,(H2,18,19,20). The van der Waals surface area contributed by atoms with E-state index in [2.05, 4.69) is 27.6 Å². The zero-order valence-corrected chi connectivity index (χ0v) is 14.8. The lowest BCUT2D eigenvalue weighted by Gasteiger charge is -2.30. The number of nitrogens with one attached hydrogen (secondary N) is 2. The first-order valence-electron chi connectivity index (χ1n) is 8.68. The fourth-order valence-electron chi connectivity index (χ4n) is 3.31. The summed E-state index contributed by atoms with van der Waals surface area (Å²) in [6.45, 7) is 5.41. The number of guanidine groups is 1. The zero-order valence-electron chi connectivity index (χ0n) is 14.8. The van der Waals surface area contributed by atoms with E-state index in [9.17, 15) is 0 Å². The largest absolute Gasteiger partial charge is 0.382 e. The minimum absolute atomic E-state index is 0.360. The molecule has 23 heavy (non-hydrogen) atoms. The van der Waals surface area contributed by atoms with Crippen molar-refractivity contribution in [1.29, 1.82) is 0 Å². The first-order chi connectivity index (χ1) is 11.2. The molecule has 0 aliphatic heterocycles. The van der Waals surface area contributed by atoms with E-state index in [-0.39, 0.29) is 0 Å². The van der Waals surface area contributed by atoms with Crippen LogP contribution in [-0.2, 0) is 18.3 Å². The van der Waals surface area contributed by atoms with Gasteiger partial charge in [0.25, 0.3) is 0 Å². The molecule has 0 radical (unpaired) electrons. The number of ether oxygens (including phenoxy) is 1. The number of hydrogen-bond acceptors (Lipinski definition) is 3. The Morgan fingerprint density at radius 1 is 1.39 bits per heavy atom. The molecule has 0 aromatic carbocycles. The molecule has 0 atom stereocenters. The van der Waals surface area contributed by atoms with Crippen LogP contribution in [0.15, 0.2) is 17.3 Å². The van der Waals surface area contributed by atoms with Gasteiger partial charge in [-0.1, -0.05) is 12.8 Å². The van der Waals surface area contributed by atoms with Gasteiger partial charge in [0.15, 0.2) is 5.96 Å². The molecule has 1 fully saturated rings. The van der Waals surface area contributed by atoms with Crippen molar-refractivity contribution in [2.75, 3.05) is 26.8 Å². The van der Waals surface area contributed by atoms with E-state index < -0.39 is 0 Å². The Labute approximate surface area is 139 Å². The maximum absolute atomic E-state index is 5.58. The molecule has 2 rings (SSSR count). The lowest BCUT2D eigenvalue weighted by atomic mass is 9.83. The highest BCUT2D eigenvalue weighted by Crippen LogP contribution is 2.40. The predicted octanol–water partition coefficient (Wildman–Crippen LogP) is 2.07. The van der Waals surface area contributed by atoms with Gasteiger partial charge in [-0.3, -0.25) is 9.67 Å². The lowest BCUT2D eigenvalue weighted by Crippen LogP contribution is -2.43. The van der Waals surface area contributed by atoms with E-state index in [4.69, 9.17) is 4.74 Å². The molecule has 130 valence electrons. The van der Waals surface area contributed by atoms with E-state index in [0.29, 0.717) is 5.41 Å². The minimum Gasteiger partial charge on any atom is -0.382 e. The maximum Gasteiger partial charge on any atom is 0.191 e. The molecule has 0 saturated heterocycles. The van der Waals surface area contributed by atoms with Gasteiger partial charge in [-0.25, -0.2) is 0 Å². The molecule has 1 aliphatic rings. The number of aliphatic imine (C=N–C) groups is 1. The van der Waals surface area contributed by atoms with Crippen LogP contribution in [-0.4, -0.2) is 42.5 Å². The Bertz CT molecular complexity index is 491. The van der Waals surface area contributed by atoms with Crippen LogP contribution in [0.2, 0.25) is 0 Å². The highest BCUT2D eigenvalue weighted by atomic mass is 16.5. The Kier molecular flexibility index (Phi) is 6.89. The van der Waals surface area contributed by atoms with Gasteiger partial charge in [0.2, 0.25) is 0 Å². The van der Waals surface area contributed by atoms with Crippen molar-refractivity contribution in [2.45, 2.75) is 45.6 Å². The summed E-state index contributed by atoms with van der Waals surface area (Å²) in [7, 11) is 3.77. The topological polar surface area (TPSA) is 63.5 Å². The van der Waals surface area contributed by atoms with Crippen LogP contribution in [0.3, 0.4) is 0 Å². The van der Waals surface area contributed by atoms with E-state index in [1.165, 1.54) is 25.7 Å². The van der Waals surface area contributed by atoms with Gasteiger partial charge in [-0.05, 0) is 37.7 Å². The van der Waals surface area contributed by atoms with Crippen molar-refractivity contribution in [2.24, 2.45) is 17.5 Å². The Balaban J connectivity index is 1.81. The smallest absolute Gasteiger partial charge is 0.191 e. The lowest BCUT2D eigenvalue weighted by molar-refractivity contribution is 0.105. The second-order valence-electron chi connectivity index (χ2n) is 6.38. The predicted molar refractivity (Wildman–Crippen MR) is 93.4 cm³/mol. The Hall–Kier alpha value is -1.56. The van der Waals surface area contributed by atoms with Crippen molar-refractivity contribution >= 4 is 5.96 Å². The van der Waals surface area contributed by atoms with Gasteiger partial charge in [0, 0.05) is 40.1 Å². The molecule has 0 amide bonds. The van der Waals surface area contributed by atoms with Crippen LogP contribution in [0.4, 0.5) is 0 Å². The third-order valence-electron chi connectivity index (χ3n) is 4.86. The second-order valence-corrected chi connectivity index (χ2v) is 6.38. The first-order valence-corrected chi connectivity index (χ1v) is 8.68. The molecule has 1 heterocycles. The fraction of sp³-hybridized carbons (Fsp3) is 0.765. The van der Waals surface area contributed by atoms with Crippen LogP contribution in [0.5, 0.6) is 0 Å². The van der Waals surface area contributed by atoms with Gasteiger partial charge in [0.1, 0.15) is 0 Å². The molecule has 2 N–H and O–H groups in total. The molecule has 0 spiro atoms. The van der Waals surface area contributed by atoms with Crippen molar-refractivity contribution < 1.29 is 4.74 Å². The fourth-order valence-corrected chi connectivity index (χ4v) is 3.31. The third kappa shape index (κ3) is 5.23. The van der Waals surface area contributed by atoms with Crippen LogP contribution >= 0.6 is 0 Å². The molecule has 6 heteroatoms. The summed E-state index contributed by atoms with van der Waals surface area (Å²) in [6.07, 6.45) is 8.17. The first kappa shape index (κ1) is 17.8. The van der Waals surface area contributed by atoms with Gasteiger partial charge >= 0.3 is 0 Å². The van der Waals surface area contributed by atoms with E-state index in [1.54, 1.807) is 0 Å². The van der Waals surface area contributed by atoms with Crippen LogP contribution in [0.1, 0.15) is 44.7 Å². The second kappa shape index (κ2) is 8.91. The molecule has 0 bridgehead atoms. The molecular weight excluding hydrogens is 290 g/mol. The molecule has 6 nitrogen and oxygen atoms in total. The number of hydrogen-bond donors (Lipinski definition) is 2. The van der Waals surface area contributed by atoms with Crippen LogP contribution in [0.25, 0.3) is 0 Å². The van der Waals surface area contributed by atoms with Gasteiger partial charge < -0.3 is 15.4 Å². The zero-order chi connectivity index (χ0) is 16.5. The quantitative estimate of drug-likeness (QED) is 0.437. The average Bonchev–Trinajstić information content (AvgIpc) is 3.18. The van der Waals surface area contributed by atoms with Gasteiger partial charge in [-0.2, -0.15) is 5.10 Å². The average molecular weight is 321 g/mol. The van der Waals surface area contributed by atoms with Crippen LogP contribution in [0, 0.1) is 5.41 Å². The summed E-state index contributed by atoms with van der Waals surface area (Å²) in [4.78, 5) is 4.34. The van der Waals surface area contributed by atoms with Gasteiger partial charge in [-0.15, -0.1) is 0 Å². The minimum atomic E-state index is 0.360. The highest BCUT2D eigenvalue weighted by molar-refractivity contribution is 5.79. The number of aromatic nitrogens is 2. The molecule has 1 aromatic rings. The molecule has 1 aromatic heterocycles. The Morgan fingerprint density at radius 3 is 2.78 bits per heavy atom. The summed E-state index contributed by atoms with van der Waals surface area (Å²) in [5, 5.41) is 11.1. The summed E-state index contributed by atoms with van der Waals surface area (Å²) in [5.41, 5.74) is 1.50. The normalized spacial score (nSPS) is 17.4. The SMILES string of the molecule is CCOCCC1(CNC(=NC)NCc2ccnn2C)CCCC1. The summed E-state index contributed by atoms with van der Waals surface area (Å²) < 4.78 is 7.46. The van der Waals surface area contributed by atoms with E-state index in [0.717, 1.165) is 44.4 Å². The van der Waals surface area contributed by atoms with E-state index >= 15 is 0 Å². The monoisotopic (exact) mass is 321 g/mol. The summed E-state index contributed by atoms with van der Waals surface area (Å²) >= 11 is 0. The highest BCUT2D eigenvalue weighted by Gasteiger charge is 2.33. The van der Waals surface area contributed by atoms with Crippen LogP contribution < -0.4 is 10.6 Å². The number of rotatable bonds is 8. The summed E-state index contributed by atoms with van der Waals surface area (Å²) in [5.74, 6) is 0.855. The number of nitrogens with zero attached hydrogens (tertiary/aromatic N) is 3. The van der Waals surface area contributed by atoms with Crippen molar-refractivity contribution in [3.8, 4) is 0 Å². The van der Waals surface area contributed by atoms with Crippen molar-refractivity contribution in [3.05, 3.63) is 18.0 Å². The molecular formula is C17H31N5O. The molecule has 1 aliphatic carbocycles. The summed E-state index contributed by atoms with van der Waals surface area (Å²) in [6, 6.07) is 2.01. The van der Waals surface area contributed by atoms with Crippen molar-refractivity contribution in [3.63, 3.8) is 0 Å². The Morgan fingerprint density at radius 2 is 2.17 bits per heavy atom. The maximum atomic E-state index is 5.58. The molecule has 0 unspecified atom stereocenters. The molecule has 1 saturated carbocycles. The van der Waals surface area contributed by atoms with Crippen molar-refractivity contribution in [1.82, 2.24) is 20.4 Å². The number of aryl methyl sites for hydroxylation is 1. The third-order valence-corrected chi connectivity index (χ3v) is 4.86. The van der Waals surface area contributed by atoms with Gasteiger partial charge in [0.05, 0.1) is 12.2 Å².